The molecule has 0 aromatic carbocycles. The van der Waals surface area contributed by atoms with Crippen LogP contribution in [-0.2, 0) is 0 Å². The van der Waals surface area contributed by atoms with Gasteiger partial charge in [-0.2, -0.15) is 0 Å². The average Bonchev–Trinajstić information content (AvgIpc) is 1.79. The SMILES string of the molecule is CN(C)C=CC=C[N+](=O)[O-]. The highest BCUT2D eigenvalue weighted by molar-refractivity contribution is 4.97. The van der Waals surface area contributed by atoms with Gasteiger partial charge >= 0.3 is 0 Å². The minimum Gasteiger partial charge on any atom is -0.383 e. The molecule has 0 aromatic rings. The first-order valence-electron chi connectivity index (χ1n) is 2.78. The highest BCUT2D eigenvalue weighted by Crippen LogP contribution is 1.80. The minimum atomic E-state index is -0.500. The van der Waals surface area contributed by atoms with Crippen molar-refractivity contribution in [3.05, 3.63) is 34.7 Å². The minimum absolute atomic E-state index is 0.500. The van der Waals surface area contributed by atoms with Gasteiger partial charge in [-0.25, -0.2) is 0 Å². The lowest BCUT2D eigenvalue weighted by molar-refractivity contribution is -0.402. The molecule has 0 fully saturated rings. The molecule has 0 saturated carbocycles. The lowest BCUT2D eigenvalue weighted by atomic mass is 10.5. The van der Waals surface area contributed by atoms with Gasteiger partial charge in [0, 0.05) is 20.2 Å². The lowest BCUT2D eigenvalue weighted by Crippen LogP contribution is -1.99. The summed E-state index contributed by atoms with van der Waals surface area (Å²) in [5, 5.41) is 9.72. The van der Waals surface area contributed by atoms with Gasteiger partial charge in [-0.05, 0) is 12.3 Å². The maximum Gasteiger partial charge on any atom is 0.234 e. The van der Waals surface area contributed by atoms with E-state index in [1.807, 2.05) is 14.1 Å². The maximum atomic E-state index is 9.72. The molecule has 10 heavy (non-hydrogen) atoms. The first-order valence-corrected chi connectivity index (χ1v) is 2.78. The number of hydrogen-bond donors (Lipinski definition) is 0. The predicted octanol–water partition coefficient (Wildman–Crippen LogP) is 0.852. The van der Waals surface area contributed by atoms with E-state index in [4.69, 9.17) is 0 Å². The number of hydrogen-bond acceptors (Lipinski definition) is 3. The Hall–Kier alpha value is -1.32. The number of nitrogens with zero attached hydrogens (tertiary/aromatic N) is 2. The van der Waals surface area contributed by atoms with Crippen LogP contribution in [0.1, 0.15) is 0 Å². The van der Waals surface area contributed by atoms with E-state index in [-0.39, 0.29) is 0 Å². The highest BCUT2D eigenvalue weighted by atomic mass is 16.6. The molecular formula is C6H10N2O2. The third-order valence-electron chi connectivity index (χ3n) is 0.703. The van der Waals surface area contributed by atoms with Crippen molar-refractivity contribution < 1.29 is 4.92 Å². The van der Waals surface area contributed by atoms with Gasteiger partial charge in [0.25, 0.3) is 0 Å². The highest BCUT2D eigenvalue weighted by Gasteiger charge is 1.78. The van der Waals surface area contributed by atoms with Crippen LogP contribution in [0.3, 0.4) is 0 Å². The van der Waals surface area contributed by atoms with Gasteiger partial charge in [0.05, 0.1) is 4.92 Å². The number of allylic oxidation sites excluding steroid dienone is 2. The van der Waals surface area contributed by atoms with E-state index in [1.165, 1.54) is 6.08 Å². The monoisotopic (exact) mass is 142 g/mol. The standard InChI is InChI=1S/C6H10N2O2/c1-7(2)5-3-4-6-8(9)10/h3-6H,1-2H3. The van der Waals surface area contributed by atoms with Gasteiger partial charge in [-0.15, -0.1) is 0 Å². The van der Waals surface area contributed by atoms with Crippen molar-refractivity contribution >= 4 is 0 Å². The summed E-state index contributed by atoms with van der Waals surface area (Å²) in [5.74, 6) is 0. The molecule has 0 spiro atoms. The van der Waals surface area contributed by atoms with Crippen LogP contribution in [0.15, 0.2) is 24.6 Å². The molecular weight excluding hydrogens is 132 g/mol. The Morgan fingerprint density at radius 2 is 2.00 bits per heavy atom. The molecule has 0 aromatic heterocycles. The third kappa shape index (κ3) is 6.68. The molecule has 0 aliphatic heterocycles. The van der Waals surface area contributed by atoms with Gasteiger partial charge in [-0.1, -0.05) is 0 Å². The Labute approximate surface area is 59.6 Å². The van der Waals surface area contributed by atoms with Crippen molar-refractivity contribution in [2.45, 2.75) is 0 Å². The van der Waals surface area contributed by atoms with E-state index >= 15 is 0 Å². The Balaban J connectivity index is 3.62. The van der Waals surface area contributed by atoms with Crippen molar-refractivity contribution in [1.82, 2.24) is 4.90 Å². The second-order valence-corrected chi connectivity index (χ2v) is 1.93. The van der Waals surface area contributed by atoms with E-state index in [0.717, 1.165) is 6.20 Å². The van der Waals surface area contributed by atoms with Gasteiger partial charge in [0.1, 0.15) is 0 Å². The van der Waals surface area contributed by atoms with E-state index in [9.17, 15) is 10.1 Å². The number of rotatable bonds is 3. The topological polar surface area (TPSA) is 46.4 Å². The summed E-state index contributed by atoms with van der Waals surface area (Å²) >= 11 is 0. The molecule has 0 radical (unpaired) electrons. The van der Waals surface area contributed by atoms with Crippen LogP contribution in [0, 0.1) is 10.1 Å². The fourth-order valence-electron chi connectivity index (χ4n) is 0.342. The van der Waals surface area contributed by atoms with E-state index in [1.54, 1.807) is 17.2 Å². The average molecular weight is 142 g/mol. The van der Waals surface area contributed by atoms with Gasteiger partial charge in [-0.3, -0.25) is 10.1 Å². The zero-order chi connectivity index (χ0) is 7.98. The molecule has 0 aliphatic rings. The van der Waals surface area contributed by atoms with Crippen LogP contribution in [0.2, 0.25) is 0 Å². The Morgan fingerprint density at radius 3 is 2.40 bits per heavy atom. The van der Waals surface area contributed by atoms with Crippen LogP contribution in [0.4, 0.5) is 0 Å². The van der Waals surface area contributed by atoms with Crippen molar-refractivity contribution in [2.75, 3.05) is 14.1 Å². The predicted molar refractivity (Wildman–Crippen MR) is 39.0 cm³/mol. The third-order valence-corrected chi connectivity index (χ3v) is 0.703. The maximum absolute atomic E-state index is 9.72. The normalized spacial score (nSPS) is 11.0. The Bertz CT molecular complexity index is 161. The van der Waals surface area contributed by atoms with Crippen LogP contribution in [0.5, 0.6) is 0 Å². The van der Waals surface area contributed by atoms with Gasteiger partial charge < -0.3 is 4.90 Å². The lowest BCUT2D eigenvalue weighted by Gasteiger charge is -2.00. The summed E-state index contributed by atoms with van der Waals surface area (Å²) in [6.07, 6.45) is 5.59. The van der Waals surface area contributed by atoms with Gasteiger partial charge in [0.2, 0.25) is 6.20 Å². The largest absolute Gasteiger partial charge is 0.383 e. The van der Waals surface area contributed by atoms with Crippen LogP contribution in [-0.4, -0.2) is 23.9 Å². The summed E-state index contributed by atoms with van der Waals surface area (Å²) in [7, 11) is 3.69. The van der Waals surface area contributed by atoms with Crippen LogP contribution in [0.25, 0.3) is 0 Å². The summed E-state index contributed by atoms with van der Waals surface area (Å²) in [6.45, 7) is 0. The summed E-state index contributed by atoms with van der Waals surface area (Å²) in [4.78, 5) is 11.0. The zero-order valence-corrected chi connectivity index (χ0v) is 6.02. The molecule has 0 bridgehead atoms. The Morgan fingerprint density at radius 1 is 1.40 bits per heavy atom. The molecule has 0 unspecified atom stereocenters. The van der Waals surface area contributed by atoms with E-state index in [0.29, 0.717) is 0 Å². The van der Waals surface area contributed by atoms with Gasteiger partial charge in [0.15, 0.2) is 0 Å². The van der Waals surface area contributed by atoms with Crippen molar-refractivity contribution in [3.8, 4) is 0 Å². The molecule has 0 saturated heterocycles. The Kier molecular flexibility index (Phi) is 3.95. The molecule has 0 heterocycles. The summed E-state index contributed by atoms with van der Waals surface area (Å²) < 4.78 is 0. The first-order chi connectivity index (χ1) is 4.63. The molecule has 0 rings (SSSR count). The van der Waals surface area contributed by atoms with Crippen LogP contribution < -0.4 is 0 Å². The smallest absolute Gasteiger partial charge is 0.234 e. The van der Waals surface area contributed by atoms with Crippen molar-refractivity contribution in [2.24, 2.45) is 0 Å². The van der Waals surface area contributed by atoms with Crippen molar-refractivity contribution in [3.63, 3.8) is 0 Å². The molecule has 56 valence electrons. The van der Waals surface area contributed by atoms with Crippen molar-refractivity contribution in [1.29, 1.82) is 0 Å². The summed E-state index contributed by atoms with van der Waals surface area (Å²) in [6, 6.07) is 0. The molecule has 0 amide bonds. The fraction of sp³-hybridized carbons (Fsp3) is 0.333. The van der Waals surface area contributed by atoms with E-state index in [2.05, 4.69) is 0 Å². The zero-order valence-electron chi connectivity index (χ0n) is 6.02. The second kappa shape index (κ2) is 4.55. The molecule has 0 atom stereocenters. The first kappa shape index (κ1) is 8.68. The molecule has 0 N–H and O–H groups in total. The summed E-state index contributed by atoms with van der Waals surface area (Å²) in [5.41, 5.74) is 0. The molecule has 4 nitrogen and oxygen atoms in total. The molecule has 4 heteroatoms. The number of nitro groups is 1. The van der Waals surface area contributed by atoms with Crippen LogP contribution >= 0.6 is 0 Å². The quantitative estimate of drug-likeness (QED) is 0.333. The fourth-order valence-corrected chi connectivity index (χ4v) is 0.342. The van der Waals surface area contributed by atoms with E-state index < -0.39 is 4.92 Å². The molecule has 0 aliphatic carbocycles. The second-order valence-electron chi connectivity index (χ2n) is 1.93.